The van der Waals surface area contributed by atoms with Gasteiger partial charge in [-0.25, -0.2) is 0 Å². The monoisotopic (exact) mass is 502 g/mol. The molecule has 1 fully saturated rings. The Kier molecular flexibility index (Phi) is 4.15. The summed E-state index contributed by atoms with van der Waals surface area (Å²) in [4.78, 5) is 0. The van der Waals surface area contributed by atoms with Crippen LogP contribution in [0.3, 0.4) is 0 Å². The first-order valence-electron chi connectivity index (χ1n) is 7.18. The number of benzene rings is 2. The van der Waals surface area contributed by atoms with Crippen LogP contribution in [0.25, 0.3) is 0 Å². The quantitative estimate of drug-likeness (QED) is 0.537. The van der Waals surface area contributed by atoms with Crippen LogP contribution >= 0.6 is 17.0 Å². The van der Waals surface area contributed by atoms with Crippen LogP contribution in [0.2, 0.25) is 3.63 Å². The van der Waals surface area contributed by atoms with Gasteiger partial charge in [-0.1, -0.05) is 0 Å². The van der Waals surface area contributed by atoms with E-state index >= 15 is 0 Å². The maximum atomic E-state index is 7.43. The number of rotatable bonds is 3. The topological polar surface area (TPSA) is 0 Å². The summed E-state index contributed by atoms with van der Waals surface area (Å²) in [7, 11) is 14.9. The summed E-state index contributed by atoms with van der Waals surface area (Å²) in [6.45, 7) is 0. The van der Waals surface area contributed by atoms with Gasteiger partial charge in [-0.3, -0.25) is 0 Å². The Hall–Kier alpha value is -0.0969. The molecule has 2 aromatic carbocycles. The fourth-order valence-electron chi connectivity index (χ4n) is 3.33. The summed E-state index contributed by atoms with van der Waals surface area (Å²) in [5.41, 5.74) is 0. The second-order valence-electron chi connectivity index (χ2n) is 5.58. The minimum absolute atomic E-state index is 0.467. The van der Waals surface area contributed by atoms with Crippen molar-refractivity contribution in [2.45, 2.75) is 29.3 Å². The van der Waals surface area contributed by atoms with Crippen LogP contribution < -0.4 is 6.54 Å². The third-order valence-electron chi connectivity index (χ3n) is 4.42. The fraction of sp³-hybridized carbons (Fsp3) is 0.294. The van der Waals surface area contributed by atoms with Crippen LogP contribution in [0.4, 0.5) is 0 Å². The third-order valence-corrected chi connectivity index (χ3v) is 32.8. The van der Waals surface area contributed by atoms with Crippen LogP contribution in [-0.2, 0) is 0 Å². The first-order valence-corrected chi connectivity index (χ1v) is 21.2. The molecule has 0 unspecified atom stereocenters. The Morgan fingerprint density at radius 3 is 1.50 bits per heavy atom. The molecule has 1 aliphatic rings. The third kappa shape index (κ3) is 2.33. The fourth-order valence-corrected chi connectivity index (χ4v) is 25.7. The normalized spacial score (nSPS) is 18.6. The van der Waals surface area contributed by atoms with Crippen molar-refractivity contribution in [1.29, 1.82) is 0 Å². The van der Waals surface area contributed by atoms with Crippen molar-refractivity contribution in [2.75, 3.05) is 0 Å². The van der Waals surface area contributed by atoms with E-state index in [1.807, 2.05) is 12.1 Å². The summed E-state index contributed by atoms with van der Waals surface area (Å²) in [5.74, 6) is 0. The predicted octanol–water partition coefficient (Wildman–Crippen LogP) is 4.62. The first-order chi connectivity index (χ1) is 9.62. The van der Waals surface area contributed by atoms with E-state index in [1.165, 1.54) is 32.2 Å². The number of hydrogen-bond donors (Lipinski definition) is 0. The van der Waals surface area contributed by atoms with Crippen LogP contribution in [0.1, 0.15) is 25.7 Å². The van der Waals surface area contributed by atoms with E-state index in [-0.39, 0.29) is 0 Å². The molecule has 3 rings (SSSR count). The van der Waals surface area contributed by atoms with Crippen molar-refractivity contribution in [3.8, 4) is 0 Å². The number of hydrogen-bond acceptors (Lipinski definition) is 0. The molecule has 0 amide bonds. The molecular weight excluding hydrogens is 484 g/mol. The van der Waals surface area contributed by atoms with Crippen molar-refractivity contribution in [3.05, 3.63) is 60.7 Å². The van der Waals surface area contributed by atoms with Crippen LogP contribution in [0.15, 0.2) is 60.7 Å². The molecular formula is C17H19BiCl2. The molecule has 0 radical (unpaired) electrons. The van der Waals surface area contributed by atoms with E-state index < -0.39 is 16.4 Å². The Balaban J connectivity index is 2.22. The van der Waals surface area contributed by atoms with Gasteiger partial charge >= 0.3 is 130 Å². The average Bonchev–Trinajstić information content (AvgIpc) is 3.05. The van der Waals surface area contributed by atoms with Crippen molar-refractivity contribution >= 4 is 40.0 Å². The summed E-state index contributed by atoms with van der Waals surface area (Å²) < 4.78 is 2.86. The van der Waals surface area contributed by atoms with Gasteiger partial charge in [0, 0.05) is 0 Å². The van der Waals surface area contributed by atoms with Crippen molar-refractivity contribution in [3.63, 3.8) is 0 Å². The molecule has 0 N–H and O–H groups in total. The molecule has 0 saturated heterocycles. The minimum atomic E-state index is -4.24. The van der Waals surface area contributed by atoms with Gasteiger partial charge in [0.15, 0.2) is 0 Å². The molecule has 106 valence electrons. The van der Waals surface area contributed by atoms with E-state index in [2.05, 4.69) is 48.5 Å². The van der Waals surface area contributed by atoms with Gasteiger partial charge in [-0.2, -0.15) is 0 Å². The maximum absolute atomic E-state index is 7.43. The zero-order chi connectivity index (χ0) is 14.1. The van der Waals surface area contributed by atoms with Gasteiger partial charge in [0.25, 0.3) is 0 Å². The Bertz CT molecular complexity index is 531. The van der Waals surface area contributed by atoms with E-state index in [9.17, 15) is 0 Å². The molecule has 3 heteroatoms. The van der Waals surface area contributed by atoms with E-state index in [0.717, 1.165) is 0 Å². The molecule has 0 heterocycles. The van der Waals surface area contributed by atoms with Crippen LogP contribution in [0.5, 0.6) is 0 Å². The van der Waals surface area contributed by atoms with Crippen molar-refractivity contribution in [1.82, 2.24) is 0 Å². The zero-order valence-electron chi connectivity index (χ0n) is 11.4. The molecule has 0 nitrogen and oxygen atoms in total. The van der Waals surface area contributed by atoms with Crippen molar-refractivity contribution in [2.24, 2.45) is 0 Å². The van der Waals surface area contributed by atoms with E-state index in [4.69, 9.17) is 17.0 Å². The van der Waals surface area contributed by atoms with Gasteiger partial charge in [0.05, 0.1) is 0 Å². The van der Waals surface area contributed by atoms with Crippen molar-refractivity contribution < 1.29 is 0 Å². The van der Waals surface area contributed by atoms with Gasteiger partial charge in [-0.15, -0.1) is 0 Å². The second kappa shape index (κ2) is 5.60. The molecule has 2 aromatic rings. The summed E-state index contributed by atoms with van der Waals surface area (Å²) in [6, 6.07) is 20.9. The Morgan fingerprint density at radius 1 is 0.700 bits per heavy atom. The predicted molar refractivity (Wildman–Crippen MR) is 91.8 cm³/mol. The first kappa shape index (κ1) is 14.8. The van der Waals surface area contributed by atoms with Crippen LogP contribution in [-0.4, -0.2) is 16.4 Å². The molecule has 1 aliphatic carbocycles. The van der Waals surface area contributed by atoms with Gasteiger partial charge in [0.2, 0.25) is 0 Å². The van der Waals surface area contributed by atoms with E-state index in [1.54, 1.807) is 0 Å². The summed E-state index contributed by atoms with van der Waals surface area (Å²) in [5, 5.41) is 0. The molecule has 0 aliphatic heterocycles. The average molecular weight is 503 g/mol. The Morgan fingerprint density at radius 2 is 1.10 bits per heavy atom. The summed E-state index contributed by atoms with van der Waals surface area (Å²) in [6.07, 6.45) is 4.86. The second-order valence-corrected chi connectivity index (χ2v) is 33.8. The van der Waals surface area contributed by atoms with Crippen LogP contribution in [0, 0.1) is 0 Å². The standard InChI is InChI=1S/2C6H5.C5H9.Bi.2ClH/c2*1-2-4-6-5-3-1;1-2-4-5-3-1;;;/h2*1-5H;1H,2-5H2;;2*1H/q;;;+2;;/p-2. The summed E-state index contributed by atoms with van der Waals surface area (Å²) >= 11 is -4.24. The molecule has 1 saturated carbocycles. The molecule has 0 aromatic heterocycles. The molecule has 0 bridgehead atoms. The van der Waals surface area contributed by atoms with Gasteiger partial charge < -0.3 is 0 Å². The Labute approximate surface area is 129 Å². The van der Waals surface area contributed by atoms with Gasteiger partial charge in [0.1, 0.15) is 0 Å². The zero-order valence-corrected chi connectivity index (χ0v) is 16.4. The molecule has 0 atom stereocenters. The van der Waals surface area contributed by atoms with Gasteiger partial charge in [-0.05, 0) is 0 Å². The molecule has 20 heavy (non-hydrogen) atoms. The van der Waals surface area contributed by atoms with E-state index in [0.29, 0.717) is 3.63 Å². The number of halogens is 2. The SMILES string of the molecule is [Cl][Bi]([Cl])([c]1ccccc1)([c]1ccccc1)[CH]1CCCC1. The molecule has 0 spiro atoms.